The molecule has 0 amide bonds. The van der Waals surface area contributed by atoms with Crippen LogP contribution in [0.25, 0.3) is 17.1 Å². The van der Waals surface area contributed by atoms with Gasteiger partial charge in [0, 0.05) is 37.4 Å². The molecule has 0 radical (unpaired) electrons. The molecule has 0 aliphatic rings. The van der Waals surface area contributed by atoms with Crippen LogP contribution < -0.4 is 4.90 Å². The van der Waals surface area contributed by atoms with E-state index in [2.05, 4.69) is 71.9 Å². The molecule has 0 fully saturated rings. The maximum absolute atomic E-state index is 4.47. The second kappa shape index (κ2) is 5.44. The van der Waals surface area contributed by atoms with Gasteiger partial charge in [0.25, 0.3) is 0 Å². The van der Waals surface area contributed by atoms with Crippen LogP contribution in [0.15, 0.2) is 60.8 Å². The van der Waals surface area contributed by atoms with Crippen molar-refractivity contribution in [3.05, 3.63) is 66.5 Å². The van der Waals surface area contributed by atoms with Crippen LogP contribution in [0.3, 0.4) is 0 Å². The molecule has 1 aromatic carbocycles. The zero-order valence-electron chi connectivity index (χ0n) is 12.6. The van der Waals surface area contributed by atoms with Crippen LogP contribution in [0.4, 0.5) is 5.69 Å². The van der Waals surface area contributed by atoms with Crippen LogP contribution in [0, 0.1) is 6.92 Å². The number of benzene rings is 1. The van der Waals surface area contributed by atoms with Crippen molar-refractivity contribution in [2.45, 2.75) is 6.92 Å². The fourth-order valence-electron chi connectivity index (χ4n) is 2.50. The van der Waals surface area contributed by atoms with Crippen molar-refractivity contribution >= 4 is 5.69 Å². The van der Waals surface area contributed by atoms with Crippen molar-refractivity contribution in [2.75, 3.05) is 19.0 Å². The van der Waals surface area contributed by atoms with Crippen molar-refractivity contribution < 1.29 is 0 Å². The van der Waals surface area contributed by atoms with E-state index in [0.29, 0.717) is 0 Å². The Kier molecular flexibility index (Phi) is 3.48. The van der Waals surface area contributed by atoms with Gasteiger partial charge in [-0.3, -0.25) is 4.98 Å². The van der Waals surface area contributed by atoms with Crippen molar-refractivity contribution in [2.24, 2.45) is 0 Å². The molecule has 21 heavy (non-hydrogen) atoms. The number of rotatable bonds is 3. The first-order valence-electron chi connectivity index (χ1n) is 7.04. The molecule has 0 saturated carbocycles. The highest BCUT2D eigenvalue weighted by atomic mass is 15.1. The summed E-state index contributed by atoms with van der Waals surface area (Å²) >= 11 is 0. The zero-order chi connectivity index (χ0) is 14.8. The van der Waals surface area contributed by atoms with Crippen LogP contribution in [0.1, 0.15) is 5.69 Å². The lowest BCUT2D eigenvalue weighted by atomic mass is 10.2. The maximum atomic E-state index is 4.47. The van der Waals surface area contributed by atoms with Crippen LogP contribution in [-0.4, -0.2) is 23.6 Å². The number of nitrogens with zero attached hydrogens (tertiary/aromatic N) is 3. The first kappa shape index (κ1) is 13.4. The van der Waals surface area contributed by atoms with Gasteiger partial charge in [-0.25, -0.2) is 0 Å². The topological polar surface area (TPSA) is 21.1 Å². The average Bonchev–Trinajstić information content (AvgIpc) is 2.90. The minimum Gasteiger partial charge on any atom is -0.378 e. The number of aromatic nitrogens is 2. The predicted molar refractivity (Wildman–Crippen MR) is 88.1 cm³/mol. The van der Waals surface area contributed by atoms with Crippen LogP contribution in [0.5, 0.6) is 0 Å². The quantitative estimate of drug-likeness (QED) is 0.723. The molecule has 0 atom stereocenters. The van der Waals surface area contributed by atoms with E-state index in [1.165, 1.54) is 11.4 Å². The SMILES string of the molecule is Cc1ccc(-c2ccccn2)n1-c1ccc(N(C)C)cc1. The minimum absolute atomic E-state index is 0.988. The molecule has 0 unspecified atom stereocenters. The van der Waals surface area contributed by atoms with Crippen LogP contribution in [-0.2, 0) is 0 Å². The molecule has 3 aromatic rings. The molecule has 3 rings (SSSR count). The van der Waals surface area contributed by atoms with Crippen LogP contribution >= 0.6 is 0 Å². The third kappa shape index (κ3) is 2.55. The molecule has 0 N–H and O–H groups in total. The lowest BCUT2D eigenvalue weighted by molar-refractivity contribution is 1.01. The third-order valence-electron chi connectivity index (χ3n) is 3.63. The Labute approximate surface area is 125 Å². The fraction of sp³-hybridized carbons (Fsp3) is 0.167. The summed E-state index contributed by atoms with van der Waals surface area (Å²) in [6, 6.07) is 18.8. The van der Waals surface area contributed by atoms with E-state index in [4.69, 9.17) is 0 Å². The highest BCUT2D eigenvalue weighted by Gasteiger charge is 2.10. The lowest BCUT2D eigenvalue weighted by Crippen LogP contribution is -2.08. The highest BCUT2D eigenvalue weighted by molar-refractivity contribution is 5.61. The van der Waals surface area contributed by atoms with Crippen LogP contribution in [0.2, 0.25) is 0 Å². The molecule has 2 heterocycles. The summed E-state index contributed by atoms with van der Waals surface area (Å²) in [5, 5.41) is 0. The minimum atomic E-state index is 0.988. The van der Waals surface area contributed by atoms with E-state index >= 15 is 0 Å². The second-order valence-electron chi connectivity index (χ2n) is 5.32. The van der Waals surface area contributed by atoms with Gasteiger partial charge in [0.15, 0.2) is 0 Å². The maximum Gasteiger partial charge on any atom is 0.0870 e. The summed E-state index contributed by atoms with van der Waals surface area (Å²) in [7, 11) is 4.10. The van der Waals surface area contributed by atoms with Gasteiger partial charge < -0.3 is 9.47 Å². The largest absolute Gasteiger partial charge is 0.378 e. The van der Waals surface area contributed by atoms with E-state index in [9.17, 15) is 0 Å². The number of aryl methyl sites for hydroxylation is 1. The van der Waals surface area contributed by atoms with Gasteiger partial charge in [-0.05, 0) is 55.5 Å². The van der Waals surface area contributed by atoms with Gasteiger partial charge in [-0.2, -0.15) is 0 Å². The first-order chi connectivity index (χ1) is 10.2. The van der Waals surface area contributed by atoms with Gasteiger partial charge in [0.1, 0.15) is 0 Å². The normalized spacial score (nSPS) is 10.6. The van der Waals surface area contributed by atoms with E-state index in [0.717, 1.165) is 17.1 Å². The molecule has 2 aromatic heterocycles. The Morgan fingerprint density at radius 1 is 0.905 bits per heavy atom. The molecule has 0 aliphatic heterocycles. The molecule has 0 aliphatic carbocycles. The zero-order valence-corrected chi connectivity index (χ0v) is 12.6. The third-order valence-corrected chi connectivity index (χ3v) is 3.63. The summed E-state index contributed by atoms with van der Waals surface area (Å²) in [5.41, 5.74) is 5.66. The lowest BCUT2D eigenvalue weighted by Gasteiger charge is -2.15. The summed E-state index contributed by atoms with van der Waals surface area (Å²) in [4.78, 5) is 6.57. The number of hydrogen-bond donors (Lipinski definition) is 0. The first-order valence-corrected chi connectivity index (χ1v) is 7.04. The monoisotopic (exact) mass is 277 g/mol. The Morgan fingerprint density at radius 2 is 1.67 bits per heavy atom. The van der Waals surface area contributed by atoms with Gasteiger partial charge in [0.2, 0.25) is 0 Å². The summed E-state index contributed by atoms with van der Waals surface area (Å²) in [5.74, 6) is 0. The van der Waals surface area contributed by atoms with Crippen molar-refractivity contribution in [3.8, 4) is 17.1 Å². The summed E-state index contributed by atoms with van der Waals surface area (Å²) < 4.78 is 2.24. The van der Waals surface area contributed by atoms with Gasteiger partial charge in [-0.15, -0.1) is 0 Å². The van der Waals surface area contributed by atoms with Gasteiger partial charge >= 0.3 is 0 Å². The van der Waals surface area contributed by atoms with E-state index in [-0.39, 0.29) is 0 Å². The van der Waals surface area contributed by atoms with Crippen molar-refractivity contribution in [3.63, 3.8) is 0 Å². The smallest absolute Gasteiger partial charge is 0.0870 e. The Hall–Kier alpha value is -2.55. The van der Waals surface area contributed by atoms with E-state index in [1.54, 1.807) is 0 Å². The Morgan fingerprint density at radius 3 is 2.29 bits per heavy atom. The van der Waals surface area contributed by atoms with Crippen molar-refractivity contribution in [1.82, 2.24) is 9.55 Å². The molecule has 0 saturated heterocycles. The standard InChI is InChI=1S/C18H19N3/c1-14-7-12-18(17-6-4-5-13-19-17)21(14)16-10-8-15(9-11-16)20(2)3/h4-13H,1-3H3. The second-order valence-corrected chi connectivity index (χ2v) is 5.32. The van der Waals surface area contributed by atoms with Gasteiger partial charge in [-0.1, -0.05) is 6.07 Å². The molecular weight excluding hydrogens is 258 g/mol. The van der Waals surface area contributed by atoms with E-state index < -0.39 is 0 Å². The molecule has 0 bridgehead atoms. The summed E-state index contributed by atoms with van der Waals surface area (Å²) in [6.07, 6.45) is 1.83. The number of anilines is 1. The Bertz CT molecular complexity index is 725. The highest BCUT2D eigenvalue weighted by Crippen LogP contribution is 2.26. The number of hydrogen-bond acceptors (Lipinski definition) is 2. The molecule has 106 valence electrons. The fourth-order valence-corrected chi connectivity index (χ4v) is 2.50. The molecule has 0 spiro atoms. The van der Waals surface area contributed by atoms with Crippen molar-refractivity contribution in [1.29, 1.82) is 0 Å². The molecular formula is C18H19N3. The summed E-state index contributed by atoms with van der Waals surface area (Å²) in [6.45, 7) is 2.12. The molecule has 3 nitrogen and oxygen atoms in total. The Balaban J connectivity index is 2.08. The molecule has 3 heteroatoms. The number of pyridine rings is 1. The van der Waals surface area contributed by atoms with E-state index in [1.807, 2.05) is 24.4 Å². The average molecular weight is 277 g/mol. The predicted octanol–water partition coefficient (Wildman–Crippen LogP) is 3.91. The van der Waals surface area contributed by atoms with Gasteiger partial charge in [0.05, 0.1) is 11.4 Å².